The minimum atomic E-state index is -0.246. The van der Waals surface area contributed by atoms with Gasteiger partial charge in [0.15, 0.2) is 0 Å². The molecule has 0 spiro atoms. The third-order valence-electron chi connectivity index (χ3n) is 5.25. The highest BCUT2D eigenvalue weighted by Crippen LogP contribution is 2.13. The number of methoxy groups -OCH3 is 1. The van der Waals surface area contributed by atoms with Crippen LogP contribution in [0, 0.1) is 6.92 Å². The molecule has 0 aliphatic carbocycles. The van der Waals surface area contributed by atoms with E-state index in [1.54, 1.807) is 43.5 Å². The van der Waals surface area contributed by atoms with E-state index >= 15 is 0 Å². The molecule has 0 fully saturated rings. The highest BCUT2D eigenvalue weighted by atomic mass is 16.5. The van der Waals surface area contributed by atoms with Crippen molar-refractivity contribution < 1.29 is 19.1 Å². The van der Waals surface area contributed by atoms with Gasteiger partial charge in [0.25, 0.3) is 11.8 Å². The molecule has 0 aliphatic heterocycles. The molecule has 0 unspecified atom stereocenters. The molecule has 0 saturated carbocycles. The molecule has 0 heterocycles. The summed E-state index contributed by atoms with van der Waals surface area (Å²) < 4.78 is 5.12. The summed E-state index contributed by atoms with van der Waals surface area (Å²) >= 11 is 0. The van der Waals surface area contributed by atoms with Crippen LogP contribution in [-0.2, 0) is 11.2 Å². The van der Waals surface area contributed by atoms with Gasteiger partial charge in [0.2, 0.25) is 5.91 Å². The maximum absolute atomic E-state index is 12.3. The predicted molar refractivity (Wildman–Crippen MR) is 132 cm³/mol. The molecule has 3 aromatic carbocycles. The molecule has 0 atom stereocenters. The van der Waals surface area contributed by atoms with Crippen LogP contribution in [0.1, 0.15) is 38.3 Å². The largest absolute Gasteiger partial charge is 0.497 e. The number of aryl methyl sites for hydroxylation is 2. The Kier molecular flexibility index (Phi) is 8.80. The zero-order chi connectivity index (χ0) is 24.3. The lowest BCUT2D eigenvalue weighted by molar-refractivity contribution is -0.121. The summed E-state index contributed by atoms with van der Waals surface area (Å²) in [6.07, 6.45) is 1.00. The Morgan fingerprint density at radius 1 is 0.735 bits per heavy atom. The number of ether oxygens (including phenoxy) is 1. The number of carbonyl (C=O) groups is 3. The third-order valence-corrected chi connectivity index (χ3v) is 5.25. The highest BCUT2D eigenvalue weighted by molar-refractivity contribution is 6.04. The molecule has 7 heteroatoms. The molecule has 0 aliphatic rings. The van der Waals surface area contributed by atoms with Crippen LogP contribution in [0.2, 0.25) is 0 Å². The Bertz CT molecular complexity index is 1110. The Labute approximate surface area is 199 Å². The number of benzene rings is 3. The van der Waals surface area contributed by atoms with Gasteiger partial charge in [0.1, 0.15) is 5.75 Å². The molecule has 3 N–H and O–H groups in total. The van der Waals surface area contributed by atoms with Gasteiger partial charge in [0.05, 0.1) is 7.11 Å². The first kappa shape index (κ1) is 24.5. The molecule has 3 amide bonds. The van der Waals surface area contributed by atoms with Crippen molar-refractivity contribution in [3.63, 3.8) is 0 Å². The second-order valence-electron chi connectivity index (χ2n) is 7.85. The fraction of sp³-hybridized carbons (Fsp3) is 0.222. The van der Waals surface area contributed by atoms with Crippen LogP contribution in [0.5, 0.6) is 5.75 Å². The van der Waals surface area contributed by atoms with Crippen molar-refractivity contribution in [3.8, 4) is 5.75 Å². The van der Waals surface area contributed by atoms with E-state index in [9.17, 15) is 14.4 Å². The Balaban J connectivity index is 1.36. The number of amides is 3. The molecular weight excluding hydrogens is 430 g/mol. The number of anilines is 1. The molecular formula is C27H29N3O4. The normalized spacial score (nSPS) is 10.3. The molecule has 34 heavy (non-hydrogen) atoms. The van der Waals surface area contributed by atoms with E-state index < -0.39 is 0 Å². The summed E-state index contributed by atoms with van der Waals surface area (Å²) in [7, 11) is 1.61. The van der Waals surface area contributed by atoms with Gasteiger partial charge in [-0.25, -0.2) is 0 Å². The molecule has 3 rings (SSSR count). The van der Waals surface area contributed by atoms with Gasteiger partial charge in [-0.2, -0.15) is 0 Å². The van der Waals surface area contributed by atoms with Gasteiger partial charge in [-0.3, -0.25) is 14.4 Å². The number of nitrogens with one attached hydrogen (secondary N) is 3. The Morgan fingerprint density at radius 2 is 1.32 bits per heavy atom. The molecule has 0 bridgehead atoms. The summed E-state index contributed by atoms with van der Waals surface area (Å²) in [5.74, 6) is 0.258. The summed E-state index contributed by atoms with van der Waals surface area (Å²) in [6, 6.07) is 21.6. The average molecular weight is 460 g/mol. The average Bonchev–Trinajstić information content (AvgIpc) is 2.86. The predicted octanol–water partition coefficient (Wildman–Crippen LogP) is 3.73. The Morgan fingerprint density at radius 3 is 1.97 bits per heavy atom. The minimum absolute atomic E-state index is 0.0706. The van der Waals surface area contributed by atoms with E-state index in [2.05, 4.69) is 16.0 Å². The van der Waals surface area contributed by atoms with Gasteiger partial charge in [0, 0.05) is 36.3 Å². The van der Waals surface area contributed by atoms with Gasteiger partial charge in [-0.15, -0.1) is 0 Å². The van der Waals surface area contributed by atoms with E-state index in [4.69, 9.17) is 4.74 Å². The van der Waals surface area contributed by atoms with Crippen molar-refractivity contribution in [2.45, 2.75) is 19.8 Å². The van der Waals surface area contributed by atoms with Crippen LogP contribution in [0.25, 0.3) is 0 Å². The maximum atomic E-state index is 12.3. The topological polar surface area (TPSA) is 96.5 Å². The molecule has 7 nitrogen and oxygen atoms in total. The highest BCUT2D eigenvalue weighted by Gasteiger charge is 2.09. The first-order chi connectivity index (χ1) is 16.4. The van der Waals surface area contributed by atoms with Crippen molar-refractivity contribution in [2.75, 3.05) is 25.5 Å². The zero-order valence-electron chi connectivity index (χ0n) is 19.4. The van der Waals surface area contributed by atoms with Crippen molar-refractivity contribution in [2.24, 2.45) is 0 Å². The summed E-state index contributed by atoms with van der Waals surface area (Å²) in [5, 5.41) is 8.40. The summed E-state index contributed by atoms with van der Waals surface area (Å²) in [6.45, 7) is 2.63. The minimum Gasteiger partial charge on any atom is -0.497 e. The van der Waals surface area contributed by atoms with E-state index in [0.29, 0.717) is 42.7 Å². The standard InChI is InChI=1S/C27H29N3O4/c1-19-3-8-22(9-4-19)27(33)30-23-12-10-21(11-13-23)26(32)29-18-17-28-25(31)16-7-20-5-14-24(34-2)15-6-20/h3-6,8-15H,7,16-18H2,1-2H3,(H,28,31)(H,29,32)(H,30,33). The summed E-state index contributed by atoms with van der Waals surface area (Å²) in [4.78, 5) is 36.6. The van der Waals surface area contributed by atoms with Crippen LogP contribution in [-0.4, -0.2) is 37.9 Å². The van der Waals surface area contributed by atoms with Crippen LogP contribution >= 0.6 is 0 Å². The second-order valence-corrected chi connectivity index (χ2v) is 7.85. The smallest absolute Gasteiger partial charge is 0.255 e. The van der Waals surface area contributed by atoms with Crippen LogP contribution < -0.4 is 20.7 Å². The van der Waals surface area contributed by atoms with Crippen molar-refractivity contribution >= 4 is 23.4 Å². The number of carbonyl (C=O) groups excluding carboxylic acids is 3. The fourth-order valence-corrected chi connectivity index (χ4v) is 3.23. The van der Waals surface area contributed by atoms with E-state index in [-0.39, 0.29) is 17.7 Å². The molecule has 3 aromatic rings. The van der Waals surface area contributed by atoms with Crippen molar-refractivity contribution in [1.29, 1.82) is 0 Å². The van der Waals surface area contributed by atoms with Crippen molar-refractivity contribution in [1.82, 2.24) is 10.6 Å². The number of rotatable bonds is 10. The quantitative estimate of drug-likeness (QED) is 0.403. The van der Waals surface area contributed by atoms with E-state index in [1.165, 1.54) is 0 Å². The van der Waals surface area contributed by atoms with E-state index in [1.807, 2.05) is 43.3 Å². The lowest BCUT2D eigenvalue weighted by Gasteiger charge is -2.09. The molecule has 176 valence electrons. The monoisotopic (exact) mass is 459 g/mol. The number of hydrogen-bond acceptors (Lipinski definition) is 4. The third kappa shape index (κ3) is 7.48. The van der Waals surface area contributed by atoms with Crippen molar-refractivity contribution in [3.05, 3.63) is 95.1 Å². The first-order valence-electron chi connectivity index (χ1n) is 11.1. The second kappa shape index (κ2) is 12.2. The molecule has 0 aromatic heterocycles. The van der Waals surface area contributed by atoms with Gasteiger partial charge in [-0.1, -0.05) is 29.8 Å². The summed E-state index contributed by atoms with van der Waals surface area (Å²) in [5.41, 5.74) is 3.78. The first-order valence-corrected chi connectivity index (χ1v) is 11.1. The zero-order valence-corrected chi connectivity index (χ0v) is 19.4. The number of hydrogen-bond donors (Lipinski definition) is 3. The SMILES string of the molecule is COc1ccc(CCC(=O)NCCNC(=O)c2ccc(NC(=O)c3ccc(C)cc3)cc2)cc1. The Hall–Kier alpha value is -4.13. The van der Waals surface area contributed by atoms with Crippen LogP contribution in [0.15, 0.2) is 72.8 Å². The molecule has 0 saturated heterocycles. The van der Waals surface area contributed by atoms with Gasteiger partial charge >= 0.3 is 0 Å². The van der Waals surface area contributed by atoms with E-state index in [0.717, 1.165) is 16.9 Å². The fourth-order valence-electron chi connectivity index (χ4n) is 3.23. The molecule has 0 radical (unpaired) electrons. The lowest BCUT2D eigenvalue weighted by atomic mass is 10.1. The van der Waals surface area contributed by atoms with Crippen LogP contribution in [0.4, 0.5) is 5.69 Å². The van der Waals surface area contributed by atoms with Gasteiger partial charge < -0.3 is 20.7 Å². The van der Waals surface area contributed by atoms with Gasteiger partial charge in [-0.05, 0) is 67.4 Å². The lowest BCUT2D eigenvalue weighted by Crippen LogP contribution is -2.34. The maximum Gasteiger partial charge on any atom is 0.255 e. The van der Waals surface area contributed by atoms with Crippen LogP contribution in [0.3, 0.4) is 0 Å².